The first-order valence-corrected chi connectivity index (χ1v) is 7.26. The van der Waals surface area contributed by atoms with Crippen molar-refractivity contribution in [2.24, 2.45) is 0 Å². The van der Waals surface area contributed by atoms with E-state index in [0.717, 1.165) is 11.1 Å². The molecule has 0 aliphatic heterocycles. The van der Waals surface area contributed by atoms with Gasteiger partial charge in [0.25, 0.3) is 0 Å². The molecule has 0 aromatic heterocycles. The van der Waals surface area contributed by atoms with Crippen molar-refractivity contribution in [2.45, 2.75) is 32.6 Å². The zero-order chi connectivity index (χ0) is 13.3. The van der Waals surface area contributed by atoms with Gasteiger partial charge in [0.1, 0.15) is 5.75 Å². The van der Waals surface area contributed by atoms with Crippen molar-refractivity contribution in [1.82, 2.24) is 0 Å². The van der Waals surface area contributed by atoms with Crippen molar-refractivity contribution in [3.8, 4) is 5.75 Å². The molecule has 5 heteroatoms. The van der Waals surface area contributed by atoms with E-state index in [1.165, 1.54) is 0 Å². The molecule has 0 radical (unpaired) electrons. The summed E-state index contributed by atoms with van der Waals surface area (Å²) >= 11 is 0. The number of aromatic hydroxyl groups is 1. The monoisotopic (exact) mass is 258 g/mol. The van der Waals surface area contributed by atoms with Crippen LogP contribution in [0.3, 0.4) is 0 Å². The molecular formula is C12H19O4P. The molecule has 1 aromatic rings. The average Bonchev–Trinajstić information content (AvgIpc) is 2.13. The summed E-state index contributed by atoms with van der Waals surface area (Å²) in [5.74, 6) is 0.181. The molecule has 4 nitrogen and oxygen atoms in total. The first-order chi connectivity index (χ1) is 7.62. The molecule has 0 unspecified atom stereocenters. The molecule has 0 amide bonds. The van der Waals surface area contributed by atoms with Gasteiger partial charge in [0, 0.05) is 0 Å². The lowest BCUT2D eigenvalue weighted by molar-refractivity contribution is 0.360. The van der Waals surface area contributed by atoms with E-state index in [9.17, 15) is 9.67 Å². The van der Waals surface area contributed by atoms with Crippen LogP contribution in [0.2, 0.25) is 0 Å². The van der Waals surface area contributed by atoms with Crippen molar-refractivity contribution < 1.29 is 19.5 Å². The molecule has 0 heterocycles. The third kappa shape index (κ3) is 4.15. The Kier molecular flexibility index (Phi) is 4.03. The van der Waals surface area contributed by atoms with Gasteiger partial charge in [-0.15, -0.1) is 0 Å². The SMILES string of the molecule is Cc1ccc(C(C)(C)CCP(=O)(O)O)c(O)c1. The Hall–Kier alpha value is -0.830. The number of hydrogen-bond acceptors (Lipinski definition) is 2. The van der Waals surface area contributed by atoms with Gasteiger partial charge in [-0.1, -0.05) is 26.0 Å². The Balaban J connectivity index is 2.93. The standard InChI is InChI=1S/C12H19O4P/c1-9-4-5-10(11(13)8-9)12(2,3)6-7-17(14,15)16/h4-5,8,13H,6-7H2,1-3H3,(H2,14,15,16). The molecule has 0 fully saturated rings. The van der Waals surface area contributed by atoms with Gasteiger partial charge in [0.05, 0.1) is 6.16 Å². The fourth-order valence-corrected chi connectivity index (χ4v) is 2.62. The minimum absolute atomic E-state index is 0.173. The molecule has 17 heavy (non-hydrogen) atoms. The fourth-order valence-electron chi connectivity index (χ4n) is 1.77. The van der Waals surface area contributed by atoms with Crippen LogP contribution in [0.25, 0.3) is 0 Å². The van der Waals surface area contributed by atoms with Crippen molar-refractivity contribution in [3.05, 3.63) is 29.3 Å². The van der Waals surface area contributed by atoms with Crippen LogP contribution in [-0.2, 0) is 9.98 Å². The van der Waals surface area contributed by atoms with E-state index < -0.39 is 13.0 Å². The number of phenols is 1. The number of rotatable bonds is 4. The molecule has 0 atom stereocenters. The van der Waals surface area contributed by atoms with E-state index >= 15 is 0 Å². The van der Waals surface area contributed by atoms with E-state index in [2.05, 4.69) is 0 Å². The van der Waals surface area contributed by atoms with Crippen LogP contribution >= 0.6 is 7.60 Å². The van der Waals surface area contributed by atoms with Gasteiger partial charge in [-0.25, -0.2) is 0 Å². The van der Waals surface area contributed by atoms with Crippen LogP contribution in [-0.4, -0.2) is 21.1 Å². The zero-order valence-corrected chi connectivity index (χ0v) is 11.2. The van der Waals surface area contributed by atoms with Crippen LogP contribution in [0.15, 0.2) is 18.2 Å². The summed E-state index contributed by atoms with van der Waals surface area (Å²) in [6, 6.07) is 5.35. The quantitative estimate of drug-likeness (QED) is 0.725. The van der Waals surface area contributed by atoms with Crippen LogP contribution in [0.5, 0.6) is 5.75 Å². The average molecular weight is 258 g/mol. The van der Waals surface area contributed by atoms with E-state index in [-0.39, 0.29) is 11.9 Å². The molecule has 0 saturated heterocycles. The highest BCUT2D eigenvalue weighted by molar-refractivity contribution is 7.51. The Morgan fingerprint density at radius 3 is 2.35 bits per heavy atom. The summed E-state index contributed by atoms with van der Waals surface area (Å²) in [4.78, 5) is 17.8. The lowest BCUT2D eigenvalue weighted by Crippen LogP contribution is -2.19. The normalized spacial score (nSPS) is 12.8. The van der Waals surface area contributed by atoms with Crippen LogP contribution < -0.4 is 0 Å². The van der Waals surface area contributed by atoms with Crippen molar-refractivity contribution in [3.63, 3.8) is 0 Å². The molecule has 96 valence electrons. The number of hydrogen-bond donors (Lipinski definition) is 3. The predicted molar refractivity (Wildman–Crippen MR) is 67.4 cm³/mol. The predicted octanol–water partition coefficient (Wildman–Crippen LogP) is 2.55. The van der Waals surface area contributed by atoms with Gasteiger partial charge in [-0.05, 0) is 36.0 Å². The maximum atomic E-state index is 10.9. The van der Waals surface area contributed by atoms with E-state index in [1.54, 1.807) is 6.07 Å². The molecule has 1 rings (SSSR count). The van der Waals surface area contributed by atoms with E-state index in [4.69, 9.17) is 9.79 Å². The summed E-state index contributed by atoms with van der Waals surface area (Å²) in [5, 5.41) is 9.86. The Labute approximate surface area is 101 Å². The van der Waals surface area contributed by atoms with Gasteiger partial charge in [0.2, 0.25) is 0 Å². The Bertz CT molecular complexity index is 448. The maximum absolute atomic E-state index is 10.9. The van der Waals surface area contributed by atoms with E-state index in [1.807, 2.05) is 32.9 Å². The maximum Gasteiger partial charge on any atom is 0.325 e. The van der Waals surface area contributed by atoms with Crippen LogP contribution in [0, 0.1) is 6.92 Å². The highest BCUT2D eigenvalue weighted by Gasteiger charge is 2.27. The summed E-state index contributed by atoms with van der Waals surface area (Å²) in [6.45, 7) is 5.62. The van der Waals surface area contributed by atoms with Gasteiger partial charge in [-0.2, -0.15) is 0 Å². The van der Waals surface area contributed by atoms with Gasteiger partial charge in [0.15, 0.2) is 0 Å². The first-order valence-electron chi connectivity index (χ1n) is 5.46. The highest BCUT2D eigenvalue weighted by Crippen LogP contribution is 2.41. The molecule has 0 bridgehead atoms. The second-order valence-electron chi connectivity index (χ2n) is 5.04. The molecule has 3 N–H and O–H groups in total. The molecule has 0 spiro atoms. The third-order valence-electron chi connectivity index (χ3n) is 2.91. The summed E-state index contributed by atoms with van der Waals surface area (Å²) in [6.07, 6.45) is 0.154. The Morgan fingerprint density at radius 2 is 1.88 bits per heavy atom. The third-order valence-corrected chi connectivity index (χ3v) is 3.72. The first kappa shape index (κ1) is 14.2. The topological polar surface area (TPSA) is 77.8 Å². The minimum Gasteiger partial charge on any atom is -0.508 e. The van der Waals surface area contributed by atoms with Gasteiger partial charge >= 0.3 is 7.60 Å². The van der Waals surface area contributed by atoms with Gasteiger partial charge in [-0.3, -0.25) is 4.57 Å². The van der Waals surface area contributed by atoms with Crippen molar-refractivity contribution in [2.75, 3.05) is 6.16 Å². The van der Waals surface area contributed by atoms with Gasteiger partial charge < -0.3 is 14.9 Å². The Morgan fingerprint density at radius 1 is 1.29 bits per heavy atom. The highest BCUT2D eigenvalue weighted by atomic mass is 31.2. The fraction of sp³-hybridized carbons (Fsp3) is 0.500. The van der Waals surface area contributed by atoms with Crippen molar-refractivity contribution in [1.29, 1.82) is 0 Å². The number of aryl methyl sites for hydroxylation is 1. The van der Waals surface area contributed by atoms with E-state index in [0.29, 0.717) is 6.42 Å². The van der Waals surface area contributed by atoms with Crippen LogP contribution in [0.4, 0.5) is 0 Å². The minimum atomic E-state index is -3.99. The summed E-state index contributed by atoms with van der Waals surface area (Å²) in [5.41, 5.74) is 1.22. The molecule has 0 aliphatic carbocycles. The number of benzene rings is 1. The largest absolute Gasteiger partial charge is 0.508 e. The smallest absolute Gasteiger partial charge is 0.325 e. The molecule has 0 aliphatic rings. The second-order valence-corrected chi connectivity index (χ2v) is 6.82. The molecular weight excluding hydrogens is 239 g/mol. The molecule has 0 saturated carbocycles. The lowest BCUT2D eigenvalue weighted by Gasteiger charge is -2.26. The number of phenolic OH excluding ortho intramolecular Hbond substituents is 1. The van der Waals surface area contributed by atoms with Crippen LogP contribution in [0.1, 0.15) is 31.4 Å². The molecule has 1 aromatic carbocycles. The lowest BCUT2D eigenvalue weighted by atomic mass is 9.81. The summed E-state index contributed by atoms with van der Waals surface area (Å²) in [7, 11) is -3.99. The second kappa shape index (κ2) is 4.81. The van der Waals surface area contributed by atoms with Crippen molar-refractivity contribution >= 4 is 7.60 Å². The summed E-state index contributed by atoms with van der Waals surface area (Å²) < 4.78 is 10.9. The zero-order valence-electron chi connectivity index (χ0n) is 10.3.